The Morgan fingerprint density at radius 2 is 1.95 bits per heavy atom. The van der Waals surface area contributed by atoms with E-state index < -0.39 is 5.97 Å². The van der Waals surface area contributed by atoms with Crippen molar-refractivity contribution < 1.29 is 19.1 Å². The molecule has 0 spiro atoms. The van der Waals surface area contributed by atoms with E-state index in [0.29, 0.717) is 30.9 Å². The van der Waals surface area contributed by atoms with Gasteiger partial charge in [0, 0.05) is 18.5 Å². The maximum Gasteiger partial charge on any atom is 0.334 e. The van der Waals surface area contributed by atoms with Crippen LogP contribution in [0.25, 0.3) is 0 Å². The van der Waals surface area contributed by atoms with Crippen LogP contribution in [0.4, 0.5) is 0 Å². The second kappa shape index (κ2) is 9.72. The molecule has 0 unspecified atom stereocenters. The van der Waals surface area contributed by atoms with Crippen molar-refractivity contribution in [2.24, 2.45) is 0 Å². The summed E-state index contributed by atoms with van der Waals surface area (Å²) in [6, 6.07) is 9.10. The number of carbonyl (C=O) groups is 2. The minimum Gasteiger partial charge on any atom is -0.501 e. The summed E-state index contributed by atoms with van der Waals surface area (Å²) in [5, 5.41) is 3.03. The summed E-state index contributed by atoms with van der Waals surface area (Å²) in [7, 11) is 1.50. The molecule has 0 saturated carbocycles. The van der Waals surface area contributed by atoms with Gasteiger partial charge in [0.1, 0.15) is 5.76 Å². The molecule has 0 aromatic heterocycles. The Hall–Kier alpha value is -2.14. The minimum absolute atomic E-state index is 0.0314. The number of methoxy groups -OCH3 is 1. The molecule has 114 valence electrons. The molecular formula is C16H21NO4. The number of hydrogen-bond acceptors (Lipinski definition) is 5. The van der Waals surface area contributed by atoms with Gasteiger partial charge >= 0.3 is 5.97 Å². The summed E-state index contributed by atoms with van der Waals surface area (Å²) in [6.07, 6.45) is 1.83. The topological polar surface area (TPSA) is 64.6 Å². The average molecular weight is 291 g/mol. The van der Waals surface area contributed by atoms with Gasteiger partial charge < -0.3 is 14.8 Å². The third-order valence-electron chi connectivity index (χ3n) is 2.76. The van der Waals surface area contributed by atoms with Crippen molar-refractivity contribution in [2.75, 3.05) is 26.8 Å². The van der Waals surface area contributed by atoms with Gasteiger partial charge in [-0.25, -0.2) is 4.79 Å². The Morgan fingerprint density at radius 1 is 1.24 bits per heavy atom. The molecular weight excluding hydrogens is 270 g/mol. The summed E-state index contributed by atoms with van der Waals surface area (Å²) in [6.45, 7) is 2.86. The van der Waals surface area contributed by atoms with Crippen LogP contribution in [0.1, 0.15) is 23.7 Å². The lowest BCUT2D eigenvalue weighted by molar-refractivity contribution is -0.137. The number of Topliss-reactive ketones (excluding diaryl/α,β-unsaturated/α-hetero) is 1. The van der Waals surface area contributed by atoms with Crippen molar-refractivity contribution in [1.29, 1.82) is 0 Å². The summed E-state index contributed by atoms with van der Waals surface area (Å²) in [5.41, 5.74) is 0.680. The number of ketones is 1. The molecule has 1 aromatic carbocycles. The van der Waals surface area contributed by atoms with E-state index in [1.807, 2.05) is 18.2 Å². The van der Waals surface area contributed by atoms with Gasteiger partial charge in [0.05, 0.1) is 26.3 Å². The number of benzene rings is 1. The Kier molecular flexibility index (Phi) is 7.82. The van der Waals surface area contributed by atoms with Crippen LogP contribution in [0.5, 0.6) is 0 Å². The Morgan fingerprint density at radius 3 is 2.57 bits per heavy atom. The van der Waals surface area contributed by atoms with Crippen LogP contribution in [-0.2, 0) is 14.3 Å². The molecule has 21 heavy (non-hydrogen) atoms. The van der Waals surface area contributed by atoms with E-state index in [-0.39, 0.29) is 12.3 Å². The van der Waals surface area contributed by atoms with Crippen LogP contribution in [-0.4, -0.2) is 38.6 Å². The van der Waals surface area contributed by atoms with Gasteiger partial charge in [-0.05, 0) is 6.92 Å². The van der Waals surface area contributed by atoms with E-state index in [4.69, 9.17) is 9.47 Å². The van der Waals surface area contributed by atoms with Crippen LogP contribution in [0, 0.1) is 0 Å². The number of ether oxygens (including phenoxy) is 2. The number of hydrogen-bond donors (Lipinski definition) is 1. The van der Waals surface area contributed by atoms with Gasteiger partial charge in [0.2, 0.25) is 0 Å². The van der Waals surface area contributed by atoms with Gasteiger partial charge in [-0.2, -0.15) is 0 Å². The number of esters is 1. The number of rotatable bonds is 9. The highest BCUT2D eigenvalue weighted by Gasteiger charge is 2.06. The van der Waals surface area contributed by atoms with E-state index in [1.165, 1.54) is 13.2 Å². The minimum atomic E-state index is -0.422. The molecule has 0 atom stereocenters. The Balaban J connectivity index is 2.32. The van der Waals surface area contributed by atoms with Gasteiger partial charge in [-0.15, -0.1) is 0 Å². The molecule has 0 fully saturated rings. The summed E-state index contributed by atoms with van der Waals surface area (Å²) < 4.78 is 9.90. The highest BCUT2D eigenvalue weighted by molar-refractivity contribution is 5.97. The molecule has 5 nitrogen and oxygen atoms in total. The molecule has 0 bridgehead atoms. The summed E-state index contributed by atoms with van der Waals surface area (Å²) >= 11 is 0. The lowest BCUT2D eigenvalue weighted by Gasteiger charge is -2.07. The molecule has 0 heterocycles. The SMILES string of the molecule is CCOC(=O)/C=C(/CCNCC(=O)c1ccccc1)OC. The first-order valence-corrected chi connectivity index (χ1v) is 6.87. The highest BCUT2D eigenvalue weighted by atomic mass is 16.5. The molecule has 5 heteroatoms. The van der Waals surface area contributed by atoms with Crippen LogP contribution >= 0.6 is 0 Å². The zero-order valence-electron chi connectivity index (χ0n) is 12.4. The molecule has 0 saturated heterocycles. The van der Waals surface area contributed by atoms with Crippen molar-refractivity contribution in [2.45, 2.75) is 13.3 Å². The Labute approximate surface area is 124 Å². The molecule has 0 radical (unpaired) electrons. The fourth-order valence-corrected chi connectivity index (χ4v) is 1.69. The molecule has 1 aromatic rings. The zero-order valence-corrected chi connectivity index (χ0v) is 12.4. The Bertz CT molecular complexity index is 482. The maximum absolute atomic E-state index is 11.8. The normalized spacial score (nSPS) is 11.0. The van der Waals surface area contributed by atoms with Crippen molar-refractivity contribution in [3.05, 3.63) is 47.7 Å². The lowest BCUT2D eigenvalue weighted by Crippen LogP contribution is -2.24. The van der Waals surface area contributed by atoms with E-state index in [1.54, 1.807) is 19.1 Å². The molecule has 0 aliphatic carbocycles. The van der Waals surface area contributed by atoms with Crippen molar-refractivity contribution in [3.8, 4) is 0 Å². The zero-order chi connectivity index (χ0) is 15.5. The van der Waals surface area contributed by atoms with E-state index >= 15 is 0 Å². The predicted molar refractivity (Wildman–Crippen MR) is 80.0 cm³/mol. The molecule has 0 aliphatic rings. The highest BCUT2D eigenvalue weighted by Crippen LogP contribution is 2.02. The van der Waals surface area contributed by atoms with Crippen LogP contribution in [0.15, 0.2) is 42.2 Å². The van der Waals surface area contributed by atoms with Gasteiger partial charge in [0.25, 0.3) is 0 Å². The average Bonchev–Trinajstić information content (AvgIpc) is 2.51. The third-order valence-corrected chi connectivity index (χ3v) is 2.76. The van der Waals surface area contributed by atoms with E-state index in [2.05, 4.69) is 5.32 Å². The standard InChI is InChI=1S/C16H21NO4/c1-3-21-16(19)11-14(20-2)9-10-17-12-15(18)13-7-5-4-6-8-13/h4-8,11,17H,3,9-10,12H2,1-2H3/b14-11-. The number of nitrogens with one attached hydrogen (secondary N) is 1. The monoisotopic (exact) mass is 291 g/mol. The van der Waals surface area contributed by atoms with Crippen LogP contribution in [0.3, 0.4) is 0 Å². The summed E-state index contributed by atoms with van der Waals surface area (Å²) in [4.78, 5) is 23.1. The maximum atomic E-state index is 11.8. The molecule has 1 rings (SSSR count). The van der Waals surface area contributed by atoms with Gasteiger partial charge in [0.15, 0.2) is 5.78 Å². The predicted octanol–water partition coefficient (Wildman–Crippen LogP) is 1.94. The fraction of sp³-hybridized carbons (Fsp3) is 0.375. The lowest BCUT2D eigenvalue weighted by atomic mass is 10.1. The molecule has 1 N–H and O–H groups in total. The first-order chi connectivity index (χ1) is 10.2. The first-order valence-electron chi connectivity index (χ1n) is 6.87. The smallest absolute Gasteiger partial charge is 0.334 e. The number of carbonyl (C=O) groups excluding carboxylic acids is 2. The first kappa shape index (κ1) is 16.9. The molecule has 0 aliphatic heterocycles. The second-order valence-corrected chi connectivity index (χ2v) is 4.28. The van der Waals surface area contributed by atoms with Gasteiger partial charge in [-0.3, -0.25) is 4.79 Å². The summed E-state index contributed by atoms with van der Waals surface area (Å²) in [5.74, 6) is 0.131. The fourth-order valence-electron chi connectivity index (χ4n) is 1.69. The van der Waals surface area contributed by atoms with E-state index in [9.17, 15) is 9.59 Å². The quantitative estimate of drug-likeness (QED) is 0.248. The van der Waals surface area contributed by atoms with Gasteiger partial charge in [-0.1, -0.05) is 30.3 Å². The van der Waals surface area contributed by atoms with Crippen molar-refractivity contribution >= 4 is 11.8 Å². The third kappa shape index (κ3) is 6.72. The van der Waals surface area contributed by atoms with E-state index in [0.717, 1.165) is 0 Å². The largest absolute Gasteiger partial charge is 0.501 e. The van der Waals surface area contributed by atoms with Crippen molar-refractivity contribution in [3.63, 3.8) is 0 Å². The van der Waals surface area contributed by atoms with Crippen LogP contribution < -0.4 is 5.32 Å². The molecule has 0 amide bonds. The van der Waals surface area contributed by atoms with Crippen LogP contribution in [0.2, 0.25) is 0 Å². The second-order valence-electron chi connectivity index (χ2n) is 4.28. The van der Waals surface area contributed by atoms with Crippen molar-refractivity contribution in [1.82, 2.24) is 5.32 Å².